The number of aromatic amines is 1. The number of hydrogen-bond donors (Lipinski definition) is 2. The zero-order valence-corrected chi connectivity index (χ0v) is 18.3. The molecule has 0 aliphatic carbocycles. The van der Waals surface area contributed by atoms with Gasteiger partial charge in [-0.15, -0.1) is 0 Å². The number of methoxy groups -OCH3 is 1. The number of para-hydroxylation sites is 1. The van der Waals surface area contributed by atoms with Gasteiger partial charge in [0.1, 0.15) is 18.1 Å². The molecule has 1 aliphatic rings. The predicted molar refractivity (Wildman–Crippen MR) is 128 cm³/mol. The fourth-order valence-electron chi connectivity index (χ4n) is 4.18. The number of aromatic nitrogens is 1. The van der Waals surface area contributed by atoms with E-state index in [1.165, 1.54) is 12.1 Å². The van der Waals surface area contributed by atoms with Crippen LogP contribution >= 0.6 is 0 Å². The number of nitrogens with zero attached hydrogens (tertiary/aromatic N) is 2. The molecule has 2 heterocycles. The summed E-state index contributed by atoms with van der Waals surface area (Å²) in [6.07, 6.45) is 0. The molecule has 7 nitrogen and oxygen atoms in total. The fourth-order valence-corrected chi connectivity index (χ4v) is 4.18. The molecule has 0 spiro atoms. The summed E-state index contributed by atoms with van der Waals surface area (Å²) in [4.78, 5) is 34.2. The van der Waals surface area contributed by atoms with Gasteiger partial charge in [0.2, 0.25) is 11.8 Å². The molecule has 3 N–H and O–H groups in total. The number of nitrogens with one attached hydrogen (secondary N) is 1. The van der Waals surface area contributed by atoms with E-state index in [9.17, 15) is 9.59 Å². The van der Waals surface area contributed by atoms with E-state index in [2.05, 4.69) is 9.98 Å². The zero-order valence-electron chi connectivity index (χ0n) is 18.3. The molecule has 0 saturated carbocycles. The molecule has 0 radical (unpaired) electrons. The molecule has 3 aromatic carbocycles. The lowest BCUT2D eigenvalue weighted by Gasteiger charge is -2.22. The summed E-state index contributed by atoms with van der Waals surface area (Å²) in [6.45, 7) is 0.156. The number of benzene rings is 3. The molecule has 5 rings (SSSR count). The molecule has 4 aromatic rings. The van der Waals surface area contributed by atoms with Crippen LogP contribution < -0.4 is 15.4 Å². The van der Waals surface area contributed by atoms with Gasteiger partial charge < -0.3 is 20.4 Å². The van der Waals surface area contributed by atoms with E-state index >= 15 is 4.39 Å². The van der Waals surface area contributed by atoms with Gasteiger partial charge in [-0.3, -0.25) is 14.6 Å². The molecule has 0 unspecified atom stereocenters. The Morgan fingerprint density at radius 3 is 2.62 bits per heavy atom. The Morgan fingerprint density at radius 1 is 1.15 bits per heavy atom. The lowest BCUT2D eigenvalue weighted by Crippen LogP contribution is -2.31. The Balaban J connectivity index is 1.66. The Labute approximate surface area is 194 Å². The van der Waals surface area contributed by atoms with Crippen molar-refractivity contribution in [2.24, 2.45) is 10.7 Å². The lowest BCUT2D eigenvalue weighted by atomic mass is 10.0. The van der Waals surface area contributed by atoms with Gasteiger partial charge in [-0.2, -0.15) is 0 Å². The van der Waals surface area contributed by atoms with Gasteiger partial charge in [0.15, 0.2) is 0 Å². The molecular weight excluding hydrogens is 435 g/mol. The van der Waals surface area contributed by atoms with Crippen LogP contribution in [-0.2, 0) is 11.3 Å². The number of carbonyl (C=O) groups is 2. The number of H-pyrrole nitrogens is 1. The van der Waals surface area contributed by atoms with Gasteiger partial charge in [0, 0.05) is 22.0 Å². The highest BCUT2D eigenvalue weighted by Gasteiger charge is 2.30. The van der Waals surface area contributed by atoms with Gasteiger partial charge in [0.25, 0.3) is 0 Å². The predicted octanol–water partition coefficient (Wildman–Crippen LogP) is 3.80. The summed E-state index contributed by atoms with van der Waals surface area (Å²) in [5, 5.41) is 0.822. The molecule has 0 saturated heterocycles. The Bertz CT molecular complexity index is 1460. The fraction of sp³-hybridized carbons (Fsp3) is 0.115. The molecule has 34 heavy (non-hydrogen) atoms. The average Bonchev–Trinajstić information content (AvgIpc) is 3.16. The largest absolute Gasteiger partial charge is 0.497 e. The van der Waals surface area contributed by atoms with Crippen molar-refractivity contribution in [1.29, 1.82) is 0 Å². The van der Waals surface area contributed by atoms with Gasteiger partial charge in [-0.25, -0.2) is 4.39 Å². The number of anilines is 1. The second-order valence-electron chi connectivity index (χ2n) is 7.95. The number of rotatable bonds is 5. The molecular formula is C26H21FN4O3. The molecule has 0 fully saturated rings. The van der Waals surface area contributed by atoms with Crippen LogP contribution in [0.4, 0.5) is 10.1 Å². The molecule has 1 aromatic heterocycles. The summed E-state index contributed by atoms with van der Waals surface area (Å²) in [5.41, 5.74) is 8.71. The lowest BCUT2D eigenvalue weighted by molar-refractivity contribution is -0.117. The van der Waals surface area contributed by atoms with Crippen LogP contribution in [0, 0.1) is 5.82 Å². The van der Waals surface area contributed by atoms with Crippen molar-refractivity contribution in [2.45, 2.75) is 6.54 Å². The SMILES string of the molecule is COc1ccc(CN2C(=O)CN=C(c3ccc(C(N)=O)cc3F)c3[nH]c4ccccc4c32)cc1. The van der Waals surface area contributed by atoms with Crippen molar-refractivity contribution >= 4 is 34.1 Å². The highest BCUT2D eigenvalue weighted by atomic mass is 19.1. The third-order valence-corrected chi connectivity index (χ3v) is 5.87. The molecule has 0 bridgehead atoms. The van der Waals surface area contributed by atoms with Crippen LogP contribution in [0.25, 0.3) is 10.9 Å². The Hall–Kier alpha value is -4.46. The topological polar surface area (TPSA) is 101 Å². The second kappa shape index (κ2) is 8.47. The van der Waals surface area contributed by atoms with Crippen molar-refractivity contribution in [3.8, 4) is 5.75 Å². The third-order valence-electron chi connectivity index (χ3n) is 5.87. The van der Waals surface area contributed by atoms with Crippen molar-refractivity contribution in [2.75, 3.05) is 18.6 Å². The summed E-state index contributed by atoms with van der Waals surface area (Å²) in [6, 6.07) is 19.1. The van der Waals surface area contributed by atoms with Crippen LogP contribution in [-0.4, -0.2) is 36.2 Å². The van der Waals surface area contributed by atoms with E-state index in [1.54, 1.807) is 12.0 Å². The van der Waals surface area contributed by atoms with Crippen molar-refractivity contribution in [1.82, 2.24) is 4.98 Å². The molecule has 1 aliphatic heterocycles. The summed E-state index contributed by atoms with van der Waals surface area (Å²) in [7, 11) is 1.60. The first kappa shape index (κ1) is 21.4. The smallest absolute Gasteiger partial charge is 0.249 e. The van der Waals surface area contributed by atoms with Crippen LogP contribution in [0.1, 0.15) is 27.2 Å². The van der Waals surface area contributed by atoms with Crippen molar-refractivity contribution in [3.63, 3.8) is 0 Å². The number of hydrogen-bond acceptors (Lipinski definition) is 4. The number of carbonyl (C=O) groups excluding carboxylic acids is 2. The minimum atomic E-state index is -0.722. The van der Waals surface area contributed by atoms with Gasteiger partial charge >= 0.3 is 0 Å². The highest BCUT2D eigenvalue weighted by Crippen LogP contribution is 2.36. The van der Waals surface area contributed by atoms with Crippen molar-refractivity contribution in [3.05, 3.63) is 94.9 Å². The summed E-state index contributed by atoms with van der Waals surface area (Å²) < 4.78 is 20.3. The summed E-state index contributed by atoms with van der Waals surface area (Å²) in [5.74, 6) is -0.860. The zero-order chi connectivity index (χ0) is 23.8. The normalized spacial score (nSPS) is 13.4. The maximum Gasteiger partial charge on any atom is 0.249 e. The first-order chi connectivity index (χ1) is 16.5. The number of fused-ring (bicyclic) bond motifs is 3. The number of nitrogens with two attached hydrogens (primary N) is 1. The molecule has 2 amide bonds. The van der Waals surface area contributed by atoms with Crippen molar-refractivity contribution < 1.29 is 18.7 Å². The van der Waals surface area contributed by atoms with E-state index in [1.807, 2.05) is 48.5 Å². The third kappa shape index (κ3) is 3.69. The van der Waals surface area contributed by atoms with Crippen LogP contribution in [0.3, 0.4) is 0 Å². The highest BCUT2D eigenvalue weighted by molar-refractivity contribution is 6.23. The summed E-state index contributed by atoms with van der Waals surface area (Å²) >= 11 is 0. The van der Waals surface area contributed by atoms with E-state index in [-0.39, 0.29) is 23.6 Å². The number of amides is 2. The second-order valence-corrected chi connectivity index (χ2v) is 7.95. The minimum absolute atomic E-state index is 0.0598. The van der Waals surface area contributed by atoms with E-state index in [0.29, 0.717) is 23.6 Å². The van der Waals surface area contributed by atoms with Gasteiger partial charge in [-0.1, -0.05) is 30.3 Å². The van der Waals surface area contributed by atoms with Gasteiger partial charge in [-0.05, 0) is 42.0 Å². The standard InChI is InChI=1S/C26H21FN4O3/c1-34-17-9-6-15(7-10-17)14-31-22(32)13-29-23(18-11-8-16(26(28)33)12-20(18)27)24-25(31)19-4-2-3-5-21(19)30-24/h2-12,30H,13-14H2,1H3,(H2,28,33). The number of aliphatic imine (C=N–C) groups is 1. The van der Waals surface area contributed by atoms with Crippen LogP contribution in [0.2, 0.25) is 0 Å². The number of ether oxygens (including phenoxy) is 1. The number of halogens is 1. The van der Waals surface area contributed by atoms with Crippen LogP contribution in [0.5, 0.6) is 5.75 Å². The molecule has 0 atom stereocenters. The average molecular weight is 456 g/mol. The van der Waals surface area contributed by atoms with E-state index < -0.39 is 11.7 Å². The van der Waals surface area contributed by atoms with E-state index in [0.717, 1.165) is 28.3 Å². The number of primary amides is 1. The Morgan fingerprint density at radius 2 is 1.91 bits per heavy atom. The first-order valence-electron chi connectivity index (χ1n) is 10.6. The maximum absolute atomic E-state index is 15.1. The minimum Gasteiger partial charge on any atom is -0.497 e. The molecule has 8 heteroatoms. The first-order valence-corrected chi connectivity index (χ1v) is 10.6. The monoisotopic (exact) mass is 456 g/mol. The van der Waals surface area contributed by atoms with E-state index in [4.69, 9.17) is 10.5 Å². The van der Waals surface area contributed by atoms with Crippen LogP contribution in [0.15, 0.2) is 71.7 Å². The quantitative estimate of drug-likeness (QED) is 0.478. The van der Waals surface area contributed by atoms with Gasteiger partial charge in [0.05, 0.1) is 30.7 Å². The Kier molecular flexibility index (Phi) is 5.33. The maximum atomic E-state index is 15.1. The molecule has 170 valence electrons.